The summed E-state index contributed by atoms with van der Waals surface area (Å²) < 4.78 is 0. The van der Waals surface area contributed by atoms with Gasteiger partial charge < -0.3 is 0 Å². The van der Waals surface area contributed by atoms with Gasteiger partial charge in [0.25, 0.3) is 0 Å². The van der Waals surface area contributed by atoms with Gasteiger partial charge in [-0.25, -0.2) is 0 Å². The predicted octanol–water partition coefficient (Wildman–Crippen LogP) is 9.12. The number of nitrogens with zero attached hydrogens (tertiary/aromatic N) is 1. The summed E-state index contributed by atoms with van der Waals surface area (Å²) in [5, 5.41) is 10.5. The molecule has 0 N–H and O–H groups in total. The van der Waals surface area contributed by atoms with Gasteiger partial charge in [0.2, 0.25) is 0 Å². The van der Waals surface area contributed by atoms with Gasteiger partial charge >= 0.3 is 0 Å². The van der Waals surface area contributed by atoms with Crippen LogP contribution in [0.2, 0.25) is 0 Å². The Hall–Kier alpha value is -3.71. The molecule has 1 heteroatoms. The Morgan fingerprint density at radius 1 is 0.647 bits per heavy atom. The summed E-state index contributed by atoms with van der Waals surface area (Å²) in [4.78, 5) is 4.96. The van der Waals surface area contributed by atoms with Crippen LogP contribution in [0.25, 0.3) is 54.3 Å². The molecule has 7 rings (SSSR count). The van der Waals surface area contributed by atoms with Crippen molar-refractivity contribution < 1.29 is 0 Å². The molecule has 1 aromatic heterocycles. The Morgan fingerprint density at radius 3 is 2.21 bits per heavy atom. The van der Waals surface area contributed by atoms with Crippen LogP contribution in [0.4, 0.5) is 0 Å². The maximum absolute atomic E-state index is 4.96. The SMILES string of the molecule is CC(C)c1ccc2ccc3c4ccnc5c4c(cc3c2c1)C(C)(C)c1cc2ccccc2cc1-5. The van der Waals surface area contributed by atoms with Crippen molar-refractivity contribution in [3.05, 3.63) is 102 Å². The minimum atomic E-state index is -0.125. The number of pyridine rings is 1. The van der Waals surface area contributed by atoms with E-state index in [2.05, 4.69) is 107 Å². The van der Waals surface area contributed by atoms with Crippen LogP contribution in [-0.2, 0) is 5.41 Å². The molecule has 0 unspecified atom stereocenters. The zero-order chi connectivity index (χ0) is 23.2. The quantitative estimate of drug-likeness (QED) is 0.234. The zero-order valence-corrected chi connectivity index (χ0v) is 20.1. The van der Waals surface area contributed by atoms with E-state index < -0.39 is 0 Å². The van der Waals surface area contributed by atoms with Crippen LogP contribution < -0.4 is 0 Å². The lowest BCUT2D eigenvalue weighted by atomic mass is 9.68. The molecule has 0 saturated carbocycles. The molecule has 1 nitrogen and oxygen atoms in total. The molecular weight excluding hydrogens is 410 g/mol. The molecule has 0 fully saturated rings. The summed E-state index contributed by atoms with van der Waals surface area (Å²) >= 11 is 0. The van der Waals surface area contributed by atoms with Crippen LogP contribution >= 0.6 is 0 Å². The van der Waals surface area contributed by atoms with E-state index >= 15 is 0 Å². The lowest BCUT2D eigenvalue weighted by molar-refractivity contribution is 0.646. The van der Waals surface area contributed by atoms with Gasteiger partial charge in [-0.1, -0.05) is 82.3 Å². The number of hydrogen-bond donors (Lipinski definition) is 0. The van der Waals surface area contributed by atoms with Gasteiger partial charge in [0, 0.05) is 22.6 Å². The van der Waals surface area contributed by atoms with Gasteiger partial charge in [0.1, 0.15) is 0 Å². The second-order valence-electron chi connectivity index (χ2n) is 10.7. The average molecular weight is 438 g/mol. The highest BCUT2D eigenvalue weighted by Crippen LogP contribution is 2.51. The van der Waals surface area contributed by atoms with E-state index in [0.717, 1.165) is 5.69 Å². The first-order valence-electron chi connectivity index (χ1n) is 12.3. The Morgan fingerprint density at radius 2 is 1.41 bits per heavy atom. The molecule has 0 radical (unpaired) electrons. The van der Waals surface area contributed by atoms with Crippen molar-refractivity contribution in [2.75, 3.05) is 0 Å². The van der Waals surface area contributed by atoms with Gasteiger partial charge in [-0.15, -0.1) is 0 Å². The number of aromatic nitrogens is 1. The highest BCUT2D eigenvalue weighted by molar-refractivity contribution is 6.21. The van der Waals surface area contributed by atoms with Gasteiger partial charge in [0.15, 0.2) is 0 Å². The Kier molecular flexibility index (Phi) is 3.87. The molecular formula is C33H27N. The first-order chi connectivity index (χ1) is 16.4. The highest BCUT2D eigenvalue weighted by Gasteiger charge is 2.35. The maximum Gasteiger partial charge on any atom is 0.0786 e. The average Bonchev–Trinajstić information content (AvgIpc) is 2.85. The third-order valence-electron chi connectivity index (χ3n) is 8.04. The fourth-order valence-electron chi connectivity index (χ4n) is 6.08. The molecule has 0 atom stereocenters. The minimum Gasteiger partial charge on any atom is -0.256 e. The lowest BCUT2D eigenvalue weighted by Gasteiger charge is -2.35. The molecule has 0 spiro atoms. The first-order valence-corrected chi connectivity index (χ1v) is 12.3. The second kappa shape index (κ2) is 6.67. The number of rotatable bonds is 1. The van der Waals surface area contributed by atoms with Crippen LogP contribution in [0.1, 0.15) is 50.3 Å². The monoisotopic (exact) mass is 437 g/mol. The van der Waals surface area contributed by atoms with Crippen LogP contribution in [0, 0.1) is 0 Å². The van der Waals surface area contributed by atoms with Crippen molar-refractivity contribution in [1.29, 1.82) is 0 Å². The highest BCUT2D eigenvalue weighted by atomic mass is 14.7. The second-order valence-corrected chi connectivity index (χ2v) is 10.7. The van der Waals surface area contributed by atoms with E-state index in [9.17, 15) is 0 Å². The summed E-state index contributed by atoms with van der Waals surface area (Å²) in [6.07, 6.45) is 1.99. The van der Waals surface area contributed by atoms with Crippen molar-refractivity contribution >= 4 is 43.1 Å². The minimum absolute atomic E-state index is 0.125. The van der Waals surface area contributed by atoms with Crippen LogP contribution in [0.3, 0.4) is 0 Å². The molecule has 0 saturated heterocycles. The van der Waals surface area contributed by atoms with Gasteiger partial charge in [-0.2, -0.15) is 0 Å². The Balaban J connectivity index is 1.67. The van der Waals surface area contributed by atoms with E-state index in [-0.39, 0.29) is 5.41 Å². The Bertz CT molecular complexity index is 1800. The van der Waals surface area contributed by atoms with E-state index in [4.69, 9.17) is 4.98 Å². The fraction of sp³-hybridized carbons (Fsp3) is 0.182. The first kappa shape index (κ1) is 19.7. The van der Waals surface area contributed by atoms with Crippen LogP contribution in [-0.4, -0.2) is 4.98 Å². The smallest absolute Gasteiger partial charge is 0.0786 e. The summed E-state index contributed by atoms with van der Waals surface area (Å²) in [6, 6.07) is 29.6. The normalized spacial score (nSPS) is 14.4. The third-order valence-corrected chi connectivity index (χ3v) is 8.04. The summed E-state index contributed by atoms with van der Waals surface area (Å²) in [6.45, 7) is 9.30. The largest absolute Gasteiger partial charge is 0.256 e. The molecule has 1 aliphatic carbocycles. The van der Waals surface area contributed by atoms with Gasteiger partial charge in [-0.3, -0.25) is 4.98 Å². The number of fused-ring (bicyclic) bond motifs is 7. The number of hydrogen-bond acceptors (Lipinski definition) is 1. The molecule has 0 amide bonds. The summed E-state index contributed by atoms with van der Waals surface area (Å²) in [5.41, 5.74) is 6.39. The molecule has 1 heterocycles. The zero-order valence-electron chi connectivity index (χ0n) is 20.1. The molecule has 0 bridgehead atoms. The third kappa shape index (κ3) is 2.53. The van der Waals surface area contributed by atoms with Crippen molar-refractivity contribution in [3.63, 3.8) is 0 Å². The van der Waals surface area contributed by atoms with Gasteiger partial charge in [0.05, 0.1) is 5.69 Å². The lowest BCUT2D eigenvalue weighted by Crippen LogP contribution is -2.24. The molecule has 1 aliphatic rings. The van der Waals surface area contributed by atoms with E-state index in [1.165, 1.54) is 65.3 Å². The molecule has 34 heavy (non-hydrogen) atoms. The fourth-order valence-corrected chi connectivity index (χ4v) is 6.08. The molecule has 5 aromatic carbocycles. The van der Waals surface area contributed by atoms with E-state index in [0.29, 0.717) is 5.92 Å². The topological polar surface area (TPSA) is 12.9 Å². The van der Waals surface area contributed by atoms with Crippen LogP contribution in [0.15, 0.2) is 85.1 Å². The van der Waals surface area contributed by atoms with Crippen LogP contribution in [0.5, 0.6) is 0 Å². The molecule has 6 aromatic rings. The van der Waals surface area contributed by atoms with Crippen molar-refractivity contribution in [2.45, 2.75) is 39.0 Å². The maximum atomic E-state index is 4.96. The van der Waals surface area contributed by atoms with Crippen molar-refractivity contribution in [1.82, 2.24) is 4.98 Å². The molecule has 164 valence electrons. The van der Waals surface area contributed by atoms with E-state index in [1.807, 2.05) is 6.20 Å². The summed E-state index contributed by atoms with van der Waals surface area (Å²) in [7, 11) is 0. The molecule has 0 aliphatic heterocycles. The number of benzene rings is 5. The van der Waals surface area contributed by atoms with Gasteiger partial charge in [-0.05, 0) is 84.6 Å². The Labute approximate surface area is 200 Å². The van der Waals surface area contributed by atoms with Crippen molar-refractivity contribution in [3.8, 4) is 11.3 Å². The summed E-state index contributed by atoms with van der Waals surface area (Å²) in [5.74, 6) is 0.505. The van der Waals surface area contributed by atoms with Crippen molar-refractivity contribution in [2.24, 2.45) is 0 Å². The predicted molar refractivity (Wildman–Crippen MR) is 146 cm³/mol. The van der Waals surface area contributed by atoms with E-state index in [1.54, 1.807) is 0 Å². The standard InChI is InChI=1S/C33H27N/c1-19(2)21-10-9-20-11-12-24-25-13-14-34-32-28-16-22-7-5-6-8-23(22)17-29(28)33(3,4)30(31(25)32)18-27(24)26(20)15-21/h5-19H,1-4H3.